The van der Waals surface area contributed by atoms with Gasteiger partial charge in [-0.25, -0.2) is 4.79 Å². The van der Waals surface area contributed by atoms with E-state index in [1.54, 1.807) is 0 Å². The van der Waals surface area contributed by atoms with Crippen LogP contribution in [0.5, 0.6) is 0 Å². The maximum absolute atomic E-state index is 13.0. The van der Waals surface area contributed by atoms with Crippen LogP contribution in [0.3, 0.4) is 0 Å². The van der Waals surface area contributed by atoms with E-state index >= 15 is 0 Å². The number of likely N-dealkylation sites (N-methyl/N-ethyl adjacent to an activating group) is 1. The number of carbonyl (C=O) groups is 3. The van der Waals surface area contributed by atoms with Crippen LogP contribution in [0.15, 0.2) is 146 Å². The van der Waals surface area contributed by atoms with Gasteiger partial charge >= 0.3 is 17.9 Å². The third-order valence-electron chi connectivity index (χ3n) is 18.6. The van der Waals surface area contributed by atoms with Crippen LogP contribution in [-0.2, 0) is 33.3 Å². The minimum absolute atomic E-state index is 0.175. The van der Waals surface area contributed by atoms with E-state index in [0.29, 0.717) is 23.9 Å². The average Bonchev–Trinajstić information content (AvgIpc) is 1.16. The number of carbonyl (C=O) groups excluding carboxylic acids is 2. The summed E-state index contributed by atoms with van der Waals surface area (Å²) in [5.41, 5.74) is 0. The lowest BCUT2D eigenvalue weighted by Gasteiger charge is -2.25. The third-order valence-corrected chi connectivity index (χ3v) is 18.6. The zero-order valence-electron chi connectivity index (χ0n) is 67.7. The third kappa shape index (κ3) is 84.3. The van der Waals surface area contributed by atoms with Gasteiger partial charge in [0.1, 0.15) is 13.2 Å². The molecule has 0 heterocycles. The highest BCUT2D eigenvalue weighted by Gasteiger charge is 2.25. The second kappa shape index (κ2) is 82.8. The fourth-order valence-electron chi connectivity index (χ4n) is 12.1. The summed E-state index contributed by atoms with van der Waals surface area (Å²) < 4.78 is 23.0. The van der Waals surface area contributed by atoms with E-state index in [1.165, 1.54) is 231 Å². The topological polar surface area (TPSA) is 108 Å². The maximum Gasteiger partial charge on any atom is 0.361 e. The molecule has 0 aliphatic rings. The molecule has 590 valence electrons. The molecule has 0 saturated carbocycles. The van der Waals surface area contributed by atoms with Gasteiger partial charge in [0, 0.05) is 12.8 Å². The molecule has 0 bridgehead atoms. The number of hydrogen-bond donors (Lipinski definition) is 1. The van der Waals surface area contributed by atoms with Gasteiger partial charge in [-0.2, -0.15) is 0 Å². The molecule has 0 amide bonds. The van der Waals surface area contributed by atoms with Gasteiger partial charge in [-0.3, -0.25) is 9.59 Å². The van der Waals surface area contributed by atoms with Crippen molar-refractivity contribution in [3.05, 3.63) is 146 Å². The predicted octanol–water partition coefficient (Wildman–Crippen LogP) is 28.2. The van der Waals surface area contributed by atoms with Crippen LogP contribution in [0, 0.1) is 0 Å². The number of quaternary nitrogens is 1. The van der Waals surface area contributed by atoms with Crippen molar-refractivity contribution >= 4 is 17.9 Å². The van der Waals surface area contributed by atoms with Crippen molar-refractivity contribution < 1.29 is 42.9 Å². The lowest BCUT2D eigenvalue weighted by Crippen LogP contribution is -2.40. The second-order valence-corrected chi connectivity index (χ2v) is 29.8. The van der Waals surface area contributed by atoms with Gasteiger partial charge in [0.05, 0.1) is 34.4 Å². The molecule has 0 fully saturated rings. The molecular formula is C94H162NO8+. The summed E-state index contributed by atoms with van der Waals surface area (Å²) in [6, 6.07) is 0. The summed E-state index contributed by atoms with van der Waals surface area (Å²) >= 11 is 0. The summed E-state index contributed by atoms with van der Waals surface area (Å²) in [4.78, 5) is 37.8. The molecule has 0 aromatic heterocycles. The van der Waals surface area contributed by atoms with Gasteiger partial charge in [0.15, 0.2) is 6.10 Å². The minimum atomic E-state index is -1.53. The van der Waals surface area contributed by atoms with Crippen molar-refractivity contribution in [1.29, 1.82) is 0 Å². The number of unbranched alkanes of at least 4 members (excludes halogenated alkanes) is 40. The van der Waals surface area contributed by atoms with Crippen molar-refractivity contribution in [2.24, 2.45) is 0 Å². The Morgan fingerprint density at radius 2 is 0.553 bits per heavy atom. The highest BCUT2D eigenvalue weighted by molar-refractivity contribution is 5.71. The average molecular weight is 1430 g/mol. The Morgan fingerprint density at radius 1 is 0.301 bits per heavy atom. The van der Waals surface area contributed by atoms with Crippen molar-refractivity contribution in [3.63, 3.8) is 0 Å². The first kappa shape index (κ1) is 98.2. The first-order valence-corrected chi connectivity index (χ1v) is 43.0. The fraction of sp³-hybridized carbons (Fsp3) is 0.713. The molecule has 9 heteroatoms. The molecule has 0 rings (SSSR count). The lowest BCUT2D eigenvalue weighted by molar-refractivity contribution is -0.870. The van der Waals surface area contributed by atoms with Crippen LogP contribution in [0.1, 0.15) is 373 Å². The van der Waals surface area contributed by atoms with Crippen molar-refractivity contribution in [3.8, 4) is 0 Å². The van der Waals surface area contributed by atoms with Gasteiger partial charge in [-0.05, 0) is 122 Å². The maximum atomic E-state index is 13.0. The Hall–Kier alpha value is -4.83. The quantitative estimate of drug-likeness (QED) is 0.0211. The monoisotopic (exact) mass is 1430 g/mol. The van der Waals surface area contributed by atoms with Crippen LogP contribution in [-0.4, -0.2) is 87.4 Å². The number of allylic oxidation sites excluding steroid dienone is 24. The van der Waals surface area contributed by atoms with E-state index < -0.39 is 24.3 Å². The highest BCUT2D eigenvalue weighted by atomic mass is 16.7. The van der Waals surface area contributed by atoms with Crippen LogP contribution in [0.4, 0.5) is 0 Å². The zero-order chi connectivity index (χ0) is 74.6. The number of carboxylic acids is 1. The Balaban J connectivity index is 4.06. The molecule has 2 atom stereocenters. The molecule has 0 aliphatic heterocycles. The van der Waals surface area contributed by atoms with E-state index in [4.69, 9.17) is 18.9 Å². The Morgan fingerprint density at radius 3 is 0.845 bits per heavy atom. The first-order chi connectivity index (χ1) is 50.6. The molecule has 0 spiro atoms. The molecule has 2 unspecified atom stereocenters. The molecule has 0 aromatic rings. The van der Waals surface area contributed by atoms with Crippen LogP contribution in [0.25, 0.3) is 0 Å². The Bertz CT molecular complexity index is 2220. The van der Waals surface area contributed by atoms with E-state index in [2.05, 4.69) is 160 Å². The first-order valence-electron chi connectivity index (χ1n) is 43.0. The second-order valence-electron chi connectivity index (χ2n) is 29.8. The standard InChI is InChI=1S/C94H161NO8/c1-6-8-10-12-14-16-18-20-22-24-26-28-30-32-34-36-38-40-42-44-45-46-47-49-50-52-54-56-58-60-62-64-66-68-70-72-74-76-78-80-82-84-91(96)101-88-90(89-102-94(93(98)99)100-87-86-95(3,4)5)103-92(97)85-83-81-79-77-75-73-71-69-67-65-63-61-59-57-55-53-51-48-43-41-39-37-35-33-31-29-27-25-23-21-19-17-15-13-11-9-7-2/h9,11,15,17,21,23-24,26-27,29,33,35,39,41,48,51,55,57,61,63,67,69,73,75,90,94H,6-8,10,12-14,16,18-20,22,25,28,30-32,34,36-38,40,42-47,49-50,52-54,56,58-60,62,64-66,68,70-72,74,76-89H2,1-5H3/p+1/b11-9-,17-15-,23-21-,26-24-,29-27-,35-33-,41-39-,51-48-,57-55-,63-61-,69-67-,75-73-. The minimum Gasteiger partial charge on any atom is -0.477 e. The summed E-state index contributed by atoms with van der Waals surface area (Å²) in [5, 5.41) is 9.78. The van der Waals surface area contributed by atoms with E-state index in [1.807, 2.05) is 21.1 Å². The zero-order valence-corrected chi connectivity index (χ0v) is 67.7. The molecule has 0 aliphatic carbocycles. The van der Waals surface area contributed by atoms with Crippen molar-refractivity contribution in [2.45, 2.75) is 386 Å². The van der Waals surface area contributed by atoms with Gasteiger partial charge < -0.3 is 28.5 Å². The number of esters is 2. The largest absolute Gasteiger partial charge is 0.477 e. The smallest absolute Gasteiger partial charge is 0.361 e. The number of nitrogens with zero attached hydrogens (tertiary/aromatic N) is 1. The van der Waals surface area contributed by atoms with Crippen LogP contribution in [0.2, 0.25) is 0 Å². The number of aliphatic carboxylic acids is 1. The molecule has 9 nitrogen and oxygen atoms in total. The van der Waals surface area contributed by atoms with E-state index in [9.17, 15) is 19.5 Å². The number of rotatable bonds is 79. The number of hydrogen-bond acceptors (Lipinski definition) is 7. The molecular weight excluding hydrogens is 1270 g/mol. The summed E-state index contributed by atoms with van der Waals surface area (Å²) in [6.07, 6.45) is 119. The van der Waals surface area contributed by atoms with Crippen molar-refractivity contribution in [2.75, 3.05) is 47.5 Å². The summed E-state index contributed by atoms with van der Waals surface area (Å²) in [5.74, 6) is -2.05. The van der Waals surface area contributed by atoms with Crippen molar-refractivity contribution in [1.82, 2.24) is 0 Å². The van der Waals surface area contributed by atoms with Crippen LogP contribution >= 0.6 is 0 Å². The van der Waals surface area contributed by atoms with Gasteiger partial charge in [0.2, 0.25) is 0 Å². The molecule has 0 radical (unpaired) electrons. The fourth-order valence-corrected chi connectivity index (χ4v) is 12.1. The van der Waals surface area contributed by atoms with Gasteiger partial charge in [0.25, 0.3) is 6.29 Å². The summed E-state index contributed by atoms with van der Waals surface area (Å²) in [6.45, 7) is 4.75. The predicted molar refractivity (Wildman–Crippen MR) is 447 cm³/mol. The molecule has 0 aromatic carbocycles. The lowest BCUT2D eigenvalue weighted by atomic mass is 10.0. The summed E-state index contributed by atoms with van der Waals surface area (Å²) in [7, 11) is 5.97. The van der Waals surface area contributed by atoms with Gasteiger partial charge in [-0.1, -0.05) is 384 Å². The normalized spacial score (nSPS) is 13.4. The molecule has 0 saturated heterocycles. The Kier molecular flexibility index (Phi) is 78.9. The van der Waals surface area contributed by atoms with Crippen LogP contribution < -0.4 is 0 Å². The SMILES string of the molecule is CC/C=C\C/C=C\C/C=C\C/C=C\C/C=C\C/C=C\C/C=C\C/C=C\C/C=C\C/C=C\C/C=C\CCCCCC(=O)OC(COC(=O)CCCCCCCCCCCCCCCCCCCCCCCCCCCCCCC/C=C\CCCCCCCCCC)COC(OCC[N+](C)(C)C)C(=O)O. The highest BCUT2D eigenvalue weighted by Crippen LogP contribution is 2.19. The number of ether oxygens (including phenoxy) is 4. The van der Waals surface area contributed by atoms with E-state index in [0.717, 1.165) is 109 Å². The van der Waals surface area contributed by atoms with E-state index in [-0.39, 0.29) is 32.2 Å². The van der Waals surface area contributed by atoms with Gasteiger partial charge in [-0.15, -0.1) is 0 Å². The number of carboxylic acid groups (broad SMARTS) is 1. The molecule has 103 heavy (non-hydrogen) atoms. The Labute approximate surface area is 636 Å². The molecule has 1 N–H and O–H groups in total.